The zero-order valence-corrected chi connectivity index (χ0v) is 9.96. The van der Waals surface area contributed by atoms with Crippen LogP contribution in [0.25, 0.3) is 0 Å². The minimum atomic E-state index is -0.115. The summed E-state index contributed by atoms with van der Waals surface area (Å²) < 4.78 is 0. The number of nitrogens with zero attached hydrogens (tertiary/aromatic N) is 1. The molecule has 86 valence electrons. The molecule has 16 heavy (non-hydrogen) atoms. The SMILES string of the molecule is CC(C)(N)CCCNc1ccccc1C#N. The third-order valence-corrected chi connectivity index (χ3v) is 2.36. The second-order valence-electron chi connectivity index (χ2n) is 4.68. The number of nitrogens with two attached hydrogens (primary N) is 1. The van der Waals surface area contributed by atoms with Crippen LogP contribution < -0.4 is 11.1 Å². The van der Waals surface area contributed by atoms with E-state index in [1.54, 1.807) is 0 Å². The molecule has 0 atom stereocenters. The summed E-state index contributed by atoms with van der Waals surface area (Å²) in [6.45, 7) is 4.89. The van der Waals surface area contributed by atoms with Crippen LogP contribution in [0.2, 0.25) is 0 Å². The Morgan fingerprint density at radius 2 is 2.06 bits per heavy atom. The molecule has 0 radical (unpaired) electrons. The summed E-state index contributed by atoms with van der Waals surface area (Å²) in [7, 11) is 0. The van der Waals surface area contributed by atoms with Crippen molar-refractivity contribution in [2.45, 2.75) is 32.2 Å². The van der Waals surface area contributed by atoms with E-state index in [1.165, 1.54) is 0 Å². The maximum absolute atomic E-state index is 8.89. The van der Waals surface area contributed by atoms with Crippen LogP contribution in [0.3, 0.4) is 0 Å². The lowest BCUT2D eigenvalue weighted by Crippen LogP contribution is -2.32. The highest BCUT2D eigenvalue weighted by molar-refractivity contribution is 5.56. The summed E-state index contributed by atoms with van der Waals surface area (Å²) in [5.41, 5.74) is 7.37. The molecular weight excluding hydrogens is 198 g/mol. The van der Waals surface area contributed by atoms with E-state index in [4.69, 9.17) is 11.0 Å². The molecule has 1 aromatic carbocycles. The fourth-order valence-corrected chi connectivity index (χ4v) is 1.50. The molecule has 0 saturated carbocycles. The third-order valence-electron chi connectivity index (χ3n) is 2.36. The molecule has 0 unspecified atom stereocenters. The molecule has 3 N–H and O–H groups in total. The molecular formula is C13H19N3. The van der Waals surface area contributed by atoms with E-state index < -0.39 is 0 Å². The molecule has 0 bridgehead atoms. The number of nitrogens with one attached hydrogen (secondary N) is 1. The molecule has 0 aliphatic heterocycles. The van der Waals surface area contributed by atoms with Crippen molar-refractivity contribution in [1.82, 2.24) is 0 Å². The van der Waals surface area contributed by atoms with Crippen LogP contribution >= 0.6 is 0 Å². The molecule has 0 fully saturated rings. The zero-order valence-electron chi connectivity index (χ0n) is 9.96. The van der Waals surface area contributed by atoms with Gasteiger partial charge >= 0.3 is 0 Å². The summed E-state index contributed by atoms with van der Waals surface area (Å²) in [4.78, 5) is 0. The molecule has 0 heterocycles. The van der Waals surface area contributed by atoms with Crippen molar-refractivity contribution in [3.8, 4) is 6.07 Å². The van der Waals surface area contributed by atoms with Crippen LogP contribution in [-0.2, 0) is 0 Å². The molecule has 0 amide bonds. The first-order valence-electron chi connectivity index (χ1n) is 5.55. The smallest absolute Gasteiger partial charge is 0.101 e. The summed E-state index contributed by atoms with van der Waals surface area (Å²) >= 11 is 0. The highest BCUT2D eigenvalue weighted by atomic mass is 14.9. The molecule has 0 saturated heterocycles. The van der Waals surface area contributed by atoms with Crippen LogP contribution in [0.15, 0.2) is 24.3 Å². The van der Waals surface area contributed by atoms with Gasteiger partial charge in [-0.1, -0.05) is 12.1 Å². The highest BCUT2D eigenvalue weighted by Crippen LogP contribution is 2.14. The normalized spacial score (nSPS) is 10.9. The maximum Gasteiger partial charge on any atom is 0.101 e. The topological polar surface area (TPSA) is 61.8 Å². The average molecular weight is 217 g/mol. The van der Waals surface area contributed by atoms with E-state index in [9.17, 15) is 0 Å². The molecule has 1 rings (SSSR count). The Balaban J connectivity index is 2.41. The van der Waals surface area contributed by atoms with Crippen LogP contribution in [0.5, 0.6) is 0 Å². The van der Waals surface area contributed by atoms with Crippen molar-refractivity contribution in [3.63, 3.8) is 0 Å². The Hall–Kier alpha value is -1.53. The average Bonchev–Trinajstić information content (AvgIpc) is 2.23. The molecule has 1 aromatic rings. The minimum absolute atomic E-state index is 0.115. The summed E-state index contributed by atoms with van der Waals surface area (Å²) in [6.07, 6.45) is 1.97. The minimum Gasteiger partial charge on any atom is -0.384 e. The lowest BCUT2D eigenvalue weighted by molar-refractivity contribution is 0.465. The summed E-state index contributed by atoms with van der Waals surface area (Å²) in [5.74, 6) is 0. The van der Waals surface area contributed by atoms with Gasteiger partial charge < -0.3 is 11.1 Å². The number of para-hydroxylation sites is 1. The second kappa shape index (κ2) is 5.53. The van der Waals surface area contributed by atoms with Crippen molar-refractivity contribution in [3.05, 3.63) is 29.8 Å². The number of hydrogen-bond acceptors (Lipinski definition) is 3. The maximum atomic E-state index is 8.89. The predicted molar refractivity (Wildman–Crippen MR) is 67.1 cm³/mol. The van der Waals surface area contributed by atoms with Crippen molar-refractivity contribution in [2.75, 3.05) is 11.9 Å². The first-order chi connectivity index (χ1) is 7.53. The lowest BCUT2D eigenvalue weighted by atomic mass is 10.0. The quantitative estimate of drug-likeness (QED) is 0.745. The molecule has 3 nitrogen and oxygen atoms in total. The fourth-order valence-electron chi connectivity index (χ4n) is 1.50. The number of rotatable bonds is 5. The van der Waals surface area contributed by atoms with E-state index >= 15 is 0 Å². The zero-order chi connectivity index (χ0) is 12.0. The van der Waals surface area contributed by atoms with Crippen molar-refractivity contribution >= 4 is 5.69 Å². The monoisotopic (exact) mass is 217 g/mol. The number of nitriles is 1. The van der Waals surface area contributed by atoms with Gasteiger partial charge in [0, 0.05) is 12.1 Å². The second-order valence-corrected chi connectivity index (χ2v) is 4.68. The summed E-state index contributed by atoms with van der Waals surface area (Å²) in [5, 5.41) is 12.2. The lowest BCUT2D eigenvalue weighted by Gasteiger charge is -2.18. The largest absolute Gasteiger partial charge is 0.384 e. The van der Waals surface area contributed by atoms with E-state index in [0.717, 1.165) is 25.1 Å². The molecule has 0 aliphatic rings. The van der Waals surface area contributed by atoms with Crippen molar-refractivity contribution < 1.29 is 0 Å². The molecule has 0 aliphatic carbocycles. The Bertz CT molecular complexity index is 371. The number of hydrogen-bond donors (Lipinski definition) is 2. The van der Waals surface area contributed by atoms with Crippen molar-refractivity contribution in [2.24, 2.45) is 5.73 Å². The fraction of sp³-hybridized carbons (Fsp3) is 0.462. The summed E-state index contributed by atoms with van der Waals surface area (Å²) in [6, 6.07) is 9.70. The van der Waals surface area contributed by atoms with Gasteiger partial charge in [0.25, 0.3) is 0 Å². The highest BCUT2D eigenvalue weighted by Gasteiger charge is 2.09. The molecule has 0 spiro atoms. The van der Waals surface area contributed by atoms with Gasteiger partial charge in [-0.15, -0.1) is 0 Å². The van der Waals surface area contributed by atoms with E-state index in [2.05, 4.69) is 11.4 Å². The van der Waals surface area contributed by atoms with E-state index in [0.29, 0.717) is 5.56 Å². The first kappa shape index (κ1) is 12.5. The van der Waals surface area contributed by atoms with Gasteiger partial charge in [-0.25, -0.2) is 0 Å². The molecule has 3 heteroatoms. The van der Waals surface area contributed by atoms with Gasteiger partial charge in [0.2, 0.25) is 0 Å². The van der Waals surface area contributed by atoms with Gasteiger partial charge in [0.05, 0.1) is 11.3 Å². The van der Waals surface area contributed by atoms with E-state index in [-0.39, 0.29) is 5.54 Å². The van der Waals surface area contributed by atoms with Crippen molar-refractivity contribution in [1.29, 1.82) is 5.26 Å². The Labute approximate surface area is 97.3 Å². The van der Waals surface area contributed by atoms with Gasteiger partial charge in [-0.05, 0) is 38.8 Å². The predicted octanol–water partition coefficient (Wildman–Crippen LogP) is 2.49. The Morgan fingerprint density at radius 1 is 1.38 bits per heavy atom. The van der Waals surface area contributed by atoms with Crippen LogP contribution in [0, 0.1) is 11.3 Å². The van der Waals surface area contributed by atoms with Crippen LogP contribution in [-0.4, -0.2) is 12.1 Å². The van der Waals surface area contributed by atoms with Gasteiger partial charge in [-0.2, -0.15) is 5.26 Å². The van der Waals surface area contributed by atoms with Gasteiger partial charge in [-0.3, -0.25) is 0 Å². The number of benzene rings is 1. The molecule has 0 aromatic heterocycles. The first-order valence-corrected chi connectivity index (χ1v) is 5.55. The number of anilines is 1. The van der Waals surface area contributed by atoms with Crippen LogP contribution in [0.1, 0.15) is 32.3 Å². The standard InChI is InChI=1S/C13H19N3/c1-13(2,15)8-5-9-16-12-7-4-3-6-11(12)10-14/h3-4,6-7,16H,5,8-9,15H2,1-2H3. The third kappa shape index (κ3) is 4.33. The Morgan fingerprint density at radius 3 is 2.69 bits per heavy atom. The van der Waals surface area contributed by atoms with Crippen LogP contribution in [0.4, 0.5) is 5.69 Å². The van der Waals surface area contributed by atoms with E-state index in [1.807, 2.05) is 38.1 Å². The Kier molecular flexibility index (Phi) is 4.33. The van der Waals surface area contributed by atoms with Gasteiger partial charge in [0.1, 0.15) is 6.07 Å². The van der Waals surface area contributed by atoms with Gasteiger partial charge in [0.15, 0.2) is 0 Å².